The normalized spacial score (nSPS) is 16.9. The van der Waals surface area contributed by atoms with Crippen molar-refractivity contribution in [3.8, 4) is 34.3 Å². The van der Waals surface area contributed by atoms with E-state index in [0.29, 0.717) is 54.1 Å². The van der Waals surface area contributed by atoms with Crippen LogP contribution in [-0.4, -0.2) is 143 Å². The molecule has 2 aromatic heterocycles. The van der Waals surface area contributed by atoms with Crippen molar-refractivity contribution in [1.82, 2.24) is 40.8 Å². The lowest BCUT2D eigenvalue weighted by Crippen LogP contribution is -2.57. The number of hydrogen-bond acceptors (Lipinski definition) is 17. The number of methoxy groups -OCH3 is 2. The summed E-state index contributed by atoms with van der Waals surface area (Å²) in [4.78, 5) is 93.9. The first kappa shape index (κ1) is 66.6. The number of likely N-dealkylation sites (tertiary alicyclic amines) is 1. The number of ether oxygens (including phenoxy) is 6. The first-order valence-electron chi connectivity index (χ1n) is 28.4. The van der Waals surface area contributed by atoms with Crippen LogP contribution in [0.1, 0.15) is 78.4 Å². The average Bonchev–Trinajstić information content (AvgIpc) is 2.05. The van der Waals surface area contributed by atoms with E-state index in [1.807, 2.05) is 118 Å². The SMILES string of the molecule is C=CCCOC(=O)N[C@H](C(=O)N1C[C@H](Oc2nc3ccccc3nc2-c2cccc(C=C)c2)C[C@H]1C(=O)OC)C(C)(C)C.C=CCCOC(=O)N[C@H](C(=O)O)C(C)(C)C.C=Cc1cccc(-c2nc3ccccc3nc2O[C@H]2CN[C@H](C(=O)OC)C2)c1. The zero-order chi connectivity index (χ0) is 63.4. The lowest BCUT2D eigenvalue weighted by molar-refractivity contribution is -0.152. The molecule has 87 heavy (non-hydrogen) atoms. The van der Waals surface area contributed by atoms with E-state index in [-0.39, 0.29) is 50.2 Å². The van der Waals surface area contributed by atoms with Crippen molar-refractivity contribution in [2.75, 3.05) is 40.5 Å². The van der Waals surface area contributed by atoms with Gasteiger partial charge in [-0.3, -0.25) is 9.59 Å². The van der Waals surface area contributed by atoms with E-state index in [2.05, 4.69) is 42.3 Å². The number of aromatic nitrogens is 4. The van der Waals surface area contributed by atoms with Crippen LogP contribution in [0.5, 0.6) is 11.8 Å². The summed E-state index contributed by atoms with van der Waals surface area (Å²) in [5.41, 5.74) is 6.42. The fourth-order valence-electron chi connectivity index (χ4n) is 9.30. The van der Waals surface area contributed by atoms with Crippen LogP contribution in [0.15, 0.2) is 136 Å². The summed E-state index contributed by atoms with van der Waals surface area (Å²) < 4.78 is 32.5. The molecule has 0 bridgehead atoms. The predicted octanol–water partition coefficient (Wildman–Crippen LogP) is 10.2. The van der Waals surface area contributed by atoms with Crippen LogP contribution in [0.25, 0.3) is 56.7 Å². The summed E-state index contributed by atoms with van der Waals surface area (Å²) in [6, 6.07) is 27.5. The summed E-state index contributed by atoms with van der Waals surface area (Å²) in [5, 5.41) is 17.1. The van der Waals surface area contributed by atoms with Crippen molar-refractivity contribution >= 4 is 70.2 Å². The molecule has 21 heteroatoms. The van der Waals surface area contributed by atoms with E-state index in [9.17, 15) is 28.8 Å². The lowest BCUT2D eigenvalue weighted by atomic mass is 9.85. The van der Waals surface area contributed by atoms with Crippen LogP contribution in [-0.2, 0) is 38.1 Å². The van der Waals surface area contributed by atoms with Crippen LogP contribution >= 0.6 is 0 Å². The van der Waals surface area contributed by atoms with Gasteiger partial charge in [0.25, 0.3) is 0 Å². The minimum Gasteiger partial charge on any atom is -0.480 e. The van der Waals surface area contributed by atoms with Crippen molar-refractivity contribution in [3.05, 3.63) is 147 Å². The van der Waals surface area contributed by atoms with Crippen LogP contribution in [0.2, 0.25) is 0 Å². The van der Waals surface area contributed by atoms with Crippen molar-refractivity contribution in [2.24, 2.45) is 10.8 Å². The molecule has 2 fully saturated rings. The molecule has 3 amide bonds. The number of carbonyl (C=O) groups excluding carboxylic acids is 5. The van der Waals surface area contributed by atoms with Gasteiger partial charge in [0.05, 0.1) is 56.0 Å². The minimum atomic E-state index is -1.08. The number of benzene rings is 4. The molecule has 0 unspecified atom stereocenters. The van der Waals surface area contributed by atoms with E-state index in [4.69, 9.17) is 53.5 Å². The number of fused-ring (bicyclic) bond motifs is 2. The molecular weight excluding hydrogens is 1110 g/mol. The summed E-state index contributed by atoms with van der Waals surface area (Å²) in [6.07, 6.45) is 6.25. The average molecular weight is 1190 g/mol. The van der Waals surface area contributed by atoms with Gasteiger partial charge in [0.1, 0.15) is 47.8 Å². The molecule has 2 aliphatic rings. The second-order valence-electron chi connectivity index (χ2n) is 22.5. The standard InChI is InChI=1S/C33H38N4O6.C22H21N3O3.C11H19NO4/c1-7-9-17-42-32(40)36-28(33(3,4)5)30(38)37-20-23(19-26(37)31(39)41-6)43-29-27(22-14-12-13-21(8-2)18-22)34-24-15-10-11-16-25(24)35-29;1-3-14-7-6-8-15(11-14)20-21(25-18-10-5-4-9-17(18)24-20)28-16-12-19(23-13-16)22(26)27-2;1-5-6-7-16-10(15)12-8(9(13)14)11(2,3)4/h7-8,10-16,18,23,26,28H,1-2,9,17,19-20H2,3-6H3,(H,36,40);3-11,16,19,23H,1,12-13H2,2H3;5,8H,1,6-7H2,2-4H3,(H,12,15)(H,13,14)/t23-,26+,28-;16-,19+;8-/m111/s1. The third-order valence-corrected chi connectivity index (χ3v) is 13.9. The Morgan fingerprint density at radius 3 is 1.49 bits per heavy atom. The molecule has 6 atom stereocenters. The Labute approximate surface area is 507 Å². The van der Waals surface area contributed by atoms with Gasteiger partial charge in [0, 0.05) is 30.5 Å². The molecule has 4 N–H and O–H groups in total. The van der Waals surface area contributed by atoms with Gasteiger partial charge in [-0.25, -0.2) is 39.1 Å². The molecule has 8 rings (SSSR count). The summed E-state index contributed by atoms with van der Waals surface area (Å²) in [7, 11) is 2.66. The molecule has 4 aromatic carbocycles. The number of alkyl carbamates (subject to hydrolysis) is 2. The zero-order valence-electron chi connectivity index (χ0n) is 50.6. The molecule has 0 radical (unpaired) electrons. The number of rotatable bonds is 20. The van der Waals surface area contributed by atoms with Crippen LogP contribution in [0.3, 0.4) is 0 Å². The maximum atomic E-state index is 14.0. The van der Waals surface area contributed by atoms with Gasteiger partial charge in [-0.2, -0.15) is 0 Å². The number of esters is 2. The molecule has 4 heterocycles. The number of amides is 3. The lowest BCUT2D eigenvalue weighted by Gasteiger charge is -2.34. The number of carboxylic acid groups (broad SMARTS) is 1. The number of nitrogens with one attached hydrogen (secondary N) is 3. The van der Waals surface area contributed by atoms with E-state index >= 15 is 0 Å². The van der Waals surface area contributed by atoms with Crippen molar-refractivity contribution < 1.29 is 62.3 Å². The Hall–Kier alpha value is -9.50. The highest BCUT2D eigenvalue weighted by Crippen LogP contribution is 2.35. The first-order chi connectivity index (χ1) is 41.5. The molecule has 2 saturated heterocycles. The second-order valence-corrected chi connectivity index (χ2v) is 22.5. The molecule has 21 nitrogen and oxygen atoms in total. The van der Waals surface area contributed by atoms with Crippen LogP contribution < -0.4 is 25.4 Å². The molecule has 460 valence electrons. The van der Waals surface area contributed by atoms with Crippen LogP contribution in [0.4, 0.5) is 9.59 Å². The van der Waals surface area contributed by atoms with Gasteiger partial charge >= 0.3 is 30.1 Å². The van der Waals surface area contributed by atoms with Gasteiger partial charge in [0.15, 0.2) is 0 Å². The minimum absolute atomic E-state index is 0.0685. The smallest absolute Gasteiger partial charge is 0.407 e. The number of para-hydroxylation sites is 4. The number of carbonyl (C=O) groups is 6. The Bertz CT molecular complexity index is 3450. The largest absolute Gasteiger partial charge is 0.480 e. The number of nitrogens with zero attached hydrogens (tertiary/aromatic N) is 5. The van der Waals surface area contributed by atoms with Gasteiger partial charge in [-0.15, -0.1) is 13.2 Å². The van der Waals surface area contributed by atoms with Gasteiger partial charge in [-0.1, -0.05) is 140 Å². The summed E-state index contributed by atoms with van der Waals surface area (Å²) in [6.45, 7) is 26.4. The maximum absolute atomic E-state index is 14.0. The Morgan fingerprint density at radius 2 is 1.07 bits per heavy atom. The summed E-state index contributed by atoms with van der Waals surface area (Å²) >= 11 is 0. The van der Waals surface area contributed by atoms with Crippen molar-refractivity contribution in [3.63, 3.8) is 0 Å². The van der Waals surface area contributed by atoms with Gasteiger partial charge in [0.2, 0.25) is 17.7 Å². The van der Waals surface area contributed by atoms with E-state index in [1.54, 1.807) is 45.1 Å². The zero-order valence-corrected chi connectivity index (χ0v) is 50.6. The molecule has 0 aliphatic carbocycles. The first-order valence-corrected chi connectivity index (χ1v) is 28.4. The molecule has 6 aromatic rings. The number of aliphatic carboxylic acids is 1. The topological polar surface area (TPSA) is 269 Å². The highest BCUT2D eigenvalue weighted by molar-refractivity contribution is 5.91. The molecule has 0 spiro atoms. The molecule has 0 saturated carbocycles. The quantitative estimate of drug-likeness (QED) is 0.0239. The predicted molar refractivity (Wildman–Crippen MR) is 332 cm³/mol. The monoisotopic (exact) mass is 1190 g/mol. The Morgan fingerprint density at radius 1 is 0.621 bits per heavy atom. The highest BCUT2D eigenvalue weighted by Gasteiger charge is 2.47. The number of hydrogen-bond donors (Lipinski definition) is 4. The van der Waals surface area contributed by atoms with E-state index in [0.717, 1.165) is 33.3 Å². The molecular formula is C66H78N8O13. The van der Waals surface area contributed by atoms with Gasteiger partial charge in [-0.05, 0) is 71.2 Å². The fourth-order valence-corrected chi connectivity index (χ4v) is 9.30. The van der Waals surface area contributed by atoms with Crippen molar-refractivity contribution in [1.29, 1.82) is 0 Å². The van der Waals surface area contributed by atoms with Crippen LogP contribution in [0, 0.1) is 10.8 Å². The highest BCUT2D eigenvalue weighted by atomic mass is 16.6. The molecule has 2 aliphatic heterocycles. The van der Waals surface area contributed by atoms with Gasteiger partial charge < -0.3 is 54.4 Å². The summed E-state index contributed by atoms with van der Waals surface area (Å²) in [5.74, 6) is -1.65. The van der Waals surface area contributed by atoms with Crippen molar-refractivity contribution in [2.45, 2.75) is 104 Å². The Balaban J connectivity index is 0.000000234. The Kier molecular flexibility index (Phi) is 23.8. The second kappa shape index (κ2) is 31.1. The van der Waals surface area contributed by atoms with E-state index in [1.165, 1.54) is 19.1 Å². The third kappa shape index (κ3) is 18.5. The van der Waals surface area contributed by atoms with E-state index < -0.39 is 65.1 Å². The number of carboxylic acids is 1. The third-order valence-electron chi connectivity index (χ3n) is 13.9. The fraction of sp³-hybridized carbons (Fsp3) is 0.364. The maximum Gasteiger partial charge on any atom is 0.407 e.